The highest BCUT2D eigenvalue weighted by molar-refractivity contribution is 5.36. The predicted molar refractivity (Wildman–Crippen MR) is 94.8 cm³/mol. The first-order chi connectivity index (χ1) is 11.4. The fourth-order valence-corrected chi connectivity index (χ4v) is 2.30. The van der Waals surface area contributed by atoms with Gasteiger partial charge in [0.15, 0.2) is 0 Å². The molecule has 0 amide bonds. The highest BCUT2D eigenvalue weighted by atomic mass is 16.5. The smallest absolute Gasteiger partial charge is 0.122 e. The van der Waals surface area contributed by atoms with Crippen molar-refractivity contribution in [1.29, 1.82) is 0 Å². The lowest BCUT2D eigenvalue weighted by atomic mass is 10.1. The molecule has 0 saturated carbocycles. The van der Waals surface area contributed by atoms with Crippen LogP contribution >= 0.6 is 0 Å². The number of benzene rings is 2. The second-order valence-electron chi connectivity index (χ2n) is 6.29. The van der Waals surface area contributed by atoms with E-state index in [9.17, 15) is 10.2 Å². The zero-order valence-corrected chi connectivity index (χ0v) is 14.7. The van der Waals surface area contributed by atoms with Gasteiger partial charge in [-0.15, -0.1) is 0 Å². The van der Waals surface area contributed by atoms with Crippen LogP contribution in [0.3, 0.4) is 0 Å². The summed E-state index contributed by atoms with van der Waals surface area (Å²) in [5.74, 6) is 1.44. The minimum absolute atomic E-state index is 0.0155. The van der Waals surface area contributed by atoms with Crippen molar-refractivity contribution in [3.05, 3.63) is 58.7 Å². The van der Waals surface area contributed by atoms with Crippen LogP contribution in [0.4, 0.5) is 0 Å². The molecule has 0 saturated heterocycles. The molecule has 0 aromatic heterocycles. The number of aryl methyl sites for hydroxylation is 4. The second-order valence-corrected chi connectivity index (χ2v) is 6.29. The SMILES string of the molecule is Cc1ccc(C)c(OCC(O)[C@H](O)COc2cc(C)ccc2C)c1. The first-order valence-corrected chi connectivity index (χ1v) is 8.13. The molecule has 2 rings (SSSR count). The Hall–Kier alpha value is -2.04. The van der Waals surface area contributed by atoms with E-state index >= 15 is 0 Å². The van der Waals surface area contributed by atoms with E-state index in [4.69, 9.17) is 9.47 Å². The average Bonchev–Trinajstić information content (AvgIpc) is 2.55. The number of hydrogen-bond acceptors (Lipinski definition) is 4. The van der Waals surface area contributed by atoms with Crippen molar-refractivity contribution in [3.8, 4) is 11.5 Å². The lowest BCUT2D eigenvalue weighted by molar-refractivity contribution is -0.0290. The number of aliphatic hydroxyl groups is 2. The van der Waals surface area contributed by atoms with Crippen LogP contribution in [-0.2, 0) is 0 Å². The third-order valence-corrected chi connectivity index (χ3v) is 3.95. The summed E-state index contributed by atoms with van der Waals surface area (Å²) in [6.07, 6.45) is -2.04. The van der Waals surface area contributed by atoms with Gasteiger partial charge in [0.05, 0.1) is 0 Å². The van der Waals surface area contributed by atoms with Crippen LogP contribution in [0.1, 0.15) is 22.3 Å². The number of hydrogen-bond donors (Lipinski definition) is 2. The fraction of sp³-hybridized carbons (Fsp3) is 0.400. The van der Waals surface area contributed by atoms with Crippen LogP contribution < -0.4 is 9.47 Å². The molecule has 130 valence electrons. The Labute approximate surface area is 143 Å². The molecule has 0 radical (unpaired) electrons. The predicted octanol–water partition coefficient (Wildman–Crippen LogP) is 3.10. The Kier molecular flexibility index (Phi) is 6.23. The monoisotopic (exact) mass is 330 g/mol. The Bertz CT molecular complexity index is 622. The molecule has 2 N–H and O–H groups in total. The third kappa shape index (κ3) is 4.98. The topological polar surface area (TPSA) is 58.9 Å². The van der Waals surface area contributed by atoms with E-state index in [1.165, 1.54) is 0 Å². The molecular formula is C20H26O4. The quantitative estimate of drug-likeness (QED) is 0.819. The molecule has 0 fully saturated rings. The standard InChI is InChI=1S/C20H26O4/c1-13-5-7-15(3)19(9-13)23-11-17(21)18(22)12-24-20-10-14(2)6-8-16(20)4/h5-10,17-18,21-22H,11-12H2,1-4H3/t17-,18?/m1/s1. The molecule has 0 aliphatic heterocycles. The van der Waals surface area contributed by atoms with Crippen LogP contribution in [-0.4, -0.2) is 35.6 Å². The molecular weight excluding hydrogens is 304 g/mol. The van der Waals surface area contributed by atoms with Gasteiger partial charge >= 0.3 is 0 Å². The van der Waals surface area contributed by atoms with Gasteiger partial charge in [-0.1, -0.05) is 24.3 Å². The lowest BCUT2D eigenvalue weighted by Crippen LogP contribution is -2.36. The average molecular weight is 330 g/mol. The summed E-state index contributed by atoms with van der Waals surface area (Å²) in [6, 6.07) is 11.8. The summed E-state index contributed by atoms with van der Waals surface area (Å²) in [6.45, 7) is 7.89. The van der Waals surface area contributed by atoms with Gasteiger partial charge in [0, 0.05) is 0 Å². The van der Waals surface area contributed by atoms with Crippen molar-refractivity contribution in [2.45, 2.75) is 39.9 Å². The van der Waals surface area contributed by atoms with E-state index in [0.717, 1.165) is 33.8 Å². The Morgan fingerprint density at radius 1 is 0.708 bits per heavy atom. The molecule has 4 nitrogen and oxygen atoms in total. The van der Waals surface area contributed by atoms with Crippen LogP contribution in [0.15, 0.2) is 36.4 Å². The molecule has 0 spiro atoms. The maximum Gasteiger partial charge on any atom is 0.122 e. The first kappa shape index (κ1) is 18.3. The van der Waals surface area contributed by atoms with Crippen LogP contribution in [0.2, 0.25) is 0 Å². The summed E-state index contributed by atoms with van der Waals surface area (Å²) < 4.78 is 11.3. The Balaban J connectivity index is 1.86. The van der Waals surface area contributed by atoms with E-state index in [2.05, 4.69) is 0 Å². The van der Waals surface area contributed by atoms with Gasteiger partial charge < -0.3 is 19.7 Å². The minimum atomic E-state index is -1.02. The van der Waals surface area contributed by atoms with Gasteiger partial charge in [-0.25, -0.2) is 0 Å². The van der Waals surface area contributed by atoms with E-state index < -0.39 is 12.2 Å². The Morgan fingerprint density at radius 2 is 1.08 bits per heavy atom. The van der Waals surface area contributed by atoms with Crippen molar-refractivity contribution in [3.63, 3.8) is 0 Å². The highest BCUT2D eigenvalue weighted by Crippen LogP contribution is 2.21. The van der Waals surface area contributed by atoms with Crippen molar-refractivity contribution in [1.82, 2.24) is 0 Å². The molecule has 4 heteroatoms. The maximum atomic E-state index is 10.1. The van der Waals surface area contributed by atoms with Crippen molar-refractivity contribution in [2.24, 2.45) is 0 Å². The zero-order chi connectivity index (χ0) is 17.7. The largest absolute Gasteiger partial charge is 0.491 e. The van der Waals surface area contributed by atoms with Crippen molar-refractivity contribution >= 4 is 0 Å². The zero-order valence-electron chi connectivity index (χ0n) is 14.7. The molecule has 1 unspecified atom stereocenters. The van der Waals surface area contributed by atoms with Gasteiger partial charge in [0.25, 0.3) is 0 Å². The normalized spacial score (nSPS) is 13.4. The second kappa shape index (κ2) is 8.18. The van der Waals surface area contributed by atoms with Crippen LogP contribution in [0.25, 0.3) is 0 Å². The number of aliphatic hydroxyl groups excluding tert-OH is 2. The molecule has 2 atom stereocenters. The molecule has 0 bridgehead atoms. The summed E-state index contributed by atoms with van der Waals surface area (Å²) in [5.41, 5.74) is 4.16. The molecule has 24 heavy (non-hydrogen) atoms. The van der Waals surface area contributed by atoms with Crippen molar-refractivity contribution < 1.29 is 19.7 Å². The first-order valence-electron chi connectivity index (χ1n) is 8.13. The van der Waals surface area contributed by atoms with Gasteiger partial charge in [0.2, 0.25) is 0 Å². The minimum Gasteiger partial charge on any atom is -0.491 e. The molecule has 2 aromatic rings. The summed E-state index contributed by atoms with van der Waals surface area (Å²) in [7, 11) is 0. The highest BCUT2D eigenvalue weighted by Gasteiger charge is 2.19. The summed E-state index contributed by atoms with van der Waals surface area (Å²) in [4.78, 5) is 0. The summed E-state index contributed by atoms with van der Waals surface area (Å²) in [5, 5.41) is 20.2. The van der Waals surface area contributed by atoms with Crippen LogP contribution in [0.5, 0.6) is 11.5 Å². The number of rotatable bonds is 7. The fourth-order valence-electron chi connectivity index (χ4n) is 2.30. The van der Waals surface area contributed by atoms with Gasteiger partial charge in [-0.3, -0.25) is 0 Å². The van der Waals surface area contributed by atoms with E-state index in [1.54, 1.807) is 0 Å². The molecule has 0 heterocycles. The Morgan fingerprint density at radius 3 is 1.46 bits per heavy atom. The van der Waals surface area contributed by atoms with Gasteiger partial charge in [-0.2, -0.15) is 0 Å². The van der Waals surface area contributed by atoms with Gasteiger partial charge in [-0.05, 0) is 62.1 Å². The third-order valence-electron chi connectivity index (χ3n) is 3.95. The van der Waals surface area contributed by atoms with E-state index in [0.29, 0.717) is 0 Å². The van der Waals surface area contributed by atoms with Crippen molar-refractivity contribution in [2.75, 3.05) is 13.2 Å². The van der Waals surface area contributed by atoms with E-state index in [-0.39, 0.29) is 13.2 Å². The maximum absolute atomic E-state index is 10.1. The van der Waals surface area contributed by atoms with Crippen LogP contribution in [0, 0.1) is 27.7 Å². The lowest BCUT2D eigenvalue weighted by Gasteiger charge is -2.20. The summed E-state index contributed by atoms with van der Waals surface area (Å²) >= 11 is 0. The molecule has 0 aliphatic carbocycles. The molecule has 0 aliphatic rings. The number of ether oxygens (including phenoxy) is 2. The van der Waals surface area contributed by atoms with E-state index in [1.807, 2.05) is 64.1 Å². The van der Waals surface area contributed by atoms with Gasteiger partial charge in [0.1, 0.15) is 36.9 Å². The molecule has 2 aromatic carbocycles.